The standard InChI is InChI=1S/C16H22BrClN2O/c1-12(2)11-21-9-3-8-20-15-10-13(17)4-5-14(15)19-16(20)6-7-18/h4-5,10,12H,3,6-9,11H2,1-2H3. The zero-order chi connectivity index (χ0) is 15.2. The summed E-state index contributed by atoms with van der Waals surface area (Å²) in [5.41, 5.74) is 2.19. The van der Waals surface area contributed by atoms with Crippen molar-refractivity contribution in [3.05, 3.63) is 28.5 Å². The van der Waals surface area contributed by atoms with E-state index in [1.807, 2.05) is 12.1 Å². The lowest BCUT2D eigenvalue weighted by atomic mass is 10.2. The van der Waals surface area contributed by atoms with Crippen LogP contribution in [0.1, 0.15) is 26.1 Å². The first-order valence-corrected chi connectivity index (χ1v) is 8.73. The lowest BCUT2D eigenvalue weighted by Gasteiger charge is -2.10. The van der Waals surface area contributed by atoms with Crippen LogP contribution < -0.4 is 0 Å². The van der Waals surface area contributed by atoms with E-state index in [-0.39, 0.29) is 0 Å². The van der Waals surface area contributed by atoms with E-state index in [0.717, 1.165) is 53.9 Å². The van der Waals surface area contributed by atoms with Crippen LogP contribution in [0.4, 0.5) is 0 Å². The number of alkyl halides is 1. The third kappa shape index (κ3) is 4.70. The summed E-state index contributed by atoms with van der Waals surface area (Å²) in [5, 5.41) is 0. The third-order valence-electron chi connectivity index (χ3n) is 3.23. The topological polar surface area (TPSA) is 27.1 Å². The maximum absolute atomic E-state index is 5.90. The molecule has 2 aromatic rings. The lowest BCUT2D eigenvalue weighted by Crippen LogP contribution is -2.09. The first kappa shape index (κ1) is 16.8. The summed E-state index contributed by atoms with van der Waals surface area (Å²) >= 11 is 9.43. The molecule has 116 valence electrons. The van der Waals surface area contributed by atoms with Gasteiger partial charge in [-0.2, -0.15) is 0 Å². The van der Waals surface area contributed by atoms with Gasteiger partial charge in [0, 0.05) is 36.5 Å². The molecule has 0 N–H and O–H groups in total. The van der Waals surface area contributed by atoms with Crippen molar-refractivity contribution in [3.8, 4) is 0 Å². The van der Waals surface area contributed by atoms with Gasteiger partial charge in [-0.25, -0.2) is 4.98 Å². The van der Waals surface area contributed by atoms with Gasteiger partial charge in [0.1, 0.15) is 5.82 Å². The molecule has 0 unspecified atom stereocenters. The summed E-state index contributed by atoms with van der Waals surface area (Å²) in [6.45, 7) is 6.85. The molecule has 0 spiro atoms. The van der Waals surface area contributed by atoms with Gasteiger partial charge in [-0.15, -0.1) is 11.6 Å². The molecule has 0 bridgehead atoms. The largest absolute Gasteiger partial charge is 0.381 e. The van der Waals surface area contributed by atoms with Crippen LogP contribution in [0.25, 0.3) is 11.0 Å². The highest BCUT2D eigenvalue weighted by Crippen LogP contribution is 2.22. The maximum Gasteiger partial charge on any atom is 0.111 e. The predicted molar refractivity (Wildman–Crippen MR) is 92.1 cm³/mol. The van der Waals surface area contributed by atoms with E-state index in [4.69, 9.17) is 16.3 Å². The number of hydrogen-bond acceptors (Lipinski definition) is 2. The highest BCUT2D eigenvalue weighted by molar-refractivity contribution is 9.10. The fourth-order valence-corrected chi connectivity index (χ4v) is 2.83. The zero-order valence-electron chi connectivity index (χ0n) is 12.6. The van der Waals surface area contributed by atoms with Gasteiger partial charge in [-0.3, -0.25) is 0 Å². The van der Waals surface area contributed by atoms with E-state index in [1.54, 1.807) is 0 Å². The van der Waals surface area contributed by atoms with Crippen LogP contribution in [0.3, 0.4) is 0 Å². The van der Waals surface area contributed by atoms with Crippen LogP contribution in [-0.4, -0.2) is 28.6 Å². The van der Waals surface area contributed by atoms with Crippen molar-refractivity contribution in [1.82, 2.24) is 9.55 Å². The zero-order valence-corrected chi connectivity index (χ0v) is 15.0. The Morgan fingerprint density at radius 3 is 2.90 bits per heavy atom. The van der Waals surface area contributed by atoms with Crippen molar-refractivity contribution in [2.75, 3.05) is 19.1 Å². The molecule has 21 heavy (non-hydrogen) atoms. The second kappa shape index (κ2) is 8.16. The van der Waals surface area contributed by atoms with Crippen molar-refractivity contribution in [2.45, 2.75) is 33.2 Å². The Balaban J connectivity index is 2.08. The van der Waals surface area contributed by atoms with Crippen LogP contribution in [0.5, 0.6) is 0 Å². The molecule has 0 aliphatic heterocycles. The molecule has 3 nitrogen and oxygen atoms in total. The number of nitrogens with zero attached hydrogens (tertiary/aromatic N) is 2. The van der Waals surface area contributed by atoms with Gasteiger partial charge in [0.05, 0.1) is 11.0 Å². The average Bonchev–Trinajstić information content (AvgIpc) is 2.76. The number of benzene rings is 1. The van der Waals surface area contributed by atoms with E-state index >= 15 is 0 Å². The number of hydrogen-bond donors (Lipinski definition) is 0. The molecule has 0 saturated heterocycles. The van der Waals surface area contributed by atoms with Crippen LogP contribution >= 0.6 is 27.5 Å². The maximum atomic E-state index is 5.90. The van der Waals surface area contributed by atoms with E-state index in [2.05, 4.69) is 45.4 Å². The summed E-state index contributed by atoms with van der Waals surface area (Å²) < 4.78 is 9.00. The predicted octanol–water partition coefficient (Wildman–Crippen LogP) is 4.64. The molecule has 0 atom stereocenters. The number of ether oxygens (including phenoxy) is 1. The molecular formula is C16H22BrClN2O. The first-order valence-electron chi connectivity index (χ1n) is 7.40. The van der Waals surface area contributed by atoms with Crippen LogP contribution in [0, 0.1) is 5.92 Å². The molecule has 5 heteroatoms. The number of rotatable bonds is 8. The van der Waals surface area contributed by atoms with Crippen LogP contribution in [0.15, 0.2) is 22.7 Å². The summed E-state index contributed by atoms with van der Waals surface area (Å²) in [4.78, 5) is 4.69. The number of halogens is 2. The molecule has 1 aromatic carbocycles. The Kier molecular flexibility index (Phi) is 6.52. The SMILES string of the molecule is CC(C)COCCCn1c(CCCl)nc2ccc(Br)cc21. The van der Waals surface area contributed by atoms with Gasteiger partial charge in [0.15, 0.2) is 0 Å². The van der Waals surface area contributed by atoms with Gasteiger partial charge >= 0.3 is 0 Å². The Labute approximate surface area is 139 Å². The first-order chi connectivity index (χ1) is 10.1. The van der Waals surface area contributed by atoms with Crippen molar-refractivity contribution in [1.29, 1.82) is 0 Å². The molecule has 0 fully saturated rings. The molecule has 0 aliphatic carbocycles. The van der Waals surface area contributed by atoms with E-state index < -0.39 is 0 Å². The second-order valence-corrected chi connectivity index (χ2v) is 6.87. The lowest BCUT2D eigenvalue weighted by molar-refractivity contribution is 0.105. The van der Waals surface area contributed by atoms with E-state index in [1.165, 1.54) is 0 Å². The van der Waals surface area contributed by atoms with E-state index in [9.17, 15) is 0 Å². The minimum atomic E-state index is 0.585. The monoisotopic (exact) mass is 372 g/mol. The summed E-state index contributed by atoms with van der Waals surface area (Å²) in [5.74, 6) is 2.23. The molecule has 1 aromatic heterocycles. The molecule has 2 rings (SSSR count). The van der Waals surface area contributed by atoms with Gasteiger partial charge in [-0.05, 0) is 30.5 Å². The third-order valence-corrected chi connectivity index (χ3v) is 3.91. The quantitative estimate of drug-likeness (QED) is 0.498. The molecular weight excluding hydrogens is 352 g/mol. The number of fused-ring (bicyclic) bond motifs is 1. The van der Waals surface area contributed by atoms with Gasteiger partial charge in [-0.1, -0.05) is 29.8 Å². The molecule has 0 saturated carbocycles. The Hall–Kier alpha value is -0.580. The van der Waals surface area contributed by atoms with E-state index in [0.29, 0.717) is 11.8 Å². The van der Waals surface area contributed by atoms with Gasteiger partial charge in [0.2, 0.25) is 0 Å². The summed E-state index contributed by atoms with van der Waals surface area (Å²) in [6.07, 6.45) is 1.78. The fraction of sp³-hybridized carbons (Fsp3) is 0.562. The van der Waals surface area contributed by atoms with Crippen LogP contribution in [-0.2, 0) is 17.7 Å². The highest BCUT2D eigenvalue weighted by Gasteiger charge is 2.10. The fourth-order valence-electron chi connectivity index (χ4n) is 2.31. The van der Waals surface area contributed by atoms with Gasteiger partial charge in [0.25, 0.3) is 0 Å². The van der Waals surface area contributed by atoms with Crippen molar-refractivity contribution >= 4 is 38.6 Å². The van der Waals surface area contributed by atoms with Crippen molar-refractivity contribution in [2.24, 2.45) is 5.92 Å². The minimum Gasteiger partial charge on any atom is -0.381 e. The normalized spacial score (nSPS) is 11.7. The Morgan fingerprint density at radius 2 is 2.19 bits per heavy atom. The second-order valence-electron chi connectivity index (χ2n) is 5.57. The van der Waals surface area contributed by atoms with Crippen molar-refractivity contribution in [3.63, 3.8) is 0 Å². The molecule has 1 heterocycles. The Bertz CT molecular complexity index is 583. The summed E-state index contributed by atoms with van der Waals surface area (Å²) in [7, 11) is 0. The van der Waals surface area contributed by atoms with Crippen LogP contribution in [0.2, 0.25) is 0 Å². The highest BCUT2D eigenvalue weighted by atomic mass is 79.9. The van der Waals surface area contributed by atoms with Crippen molar-refractivity contribution < 1.29 is 4.74 Å². The molecule has 0 radical (unpaired) electrons. The number of aryl methyl sites for hydroxylation is 2. The number of aromatic nitrogens is 2. The smallest absolute Gasteiger partial charge is 0.111 e. The Morgan fingerprint density at radius 1 is 1.38 bits per heavy atom. The minimum absolute atomic E-state index is 0.585. The average molecular weight is 374 g/mol. The molecule has 0 amide bonds. The van der Waals surface area contributed by atoms with Gasteiger partial charge < -0.3 is 9.30 Å². The number of imidazole rings is 1. The summed E-state index contributed by atoms with van der Waals surface area (Å²) in [6, 6.07) is 6.19. The molecule has 0 aliphatic rings.